The van der Waals surface area contributed by atoms with Gasteiger partial charge < -0.3 is 28.6 Å². The molecule has 0 fully saturated rings. The Hall–Kier alpha value is -3.68. The number of nitrogens with zero attached hydrogens (tertiary/aromatic N) is 1. The zero-order valence-electron chi connectivity index (χ0n) is 18.2. The van der Waals surface area contributed by atoms with Gasteiger partial charge in [-0.25, -0.2) is 4.79 Å². The van der Waals surface area contributed by atoms with Crippen LogP contribution in [0.2, 0.25) is 0 Å². The number of carbonyl (C=O) groups excluding carboxylic acids is 2. The molecule has 0 bridgehead atoms. The summed E-state index contributed by atoms with van der Waals surface area (Å²) in [6, 6.07) is 8.11. The van der Waals surface area contributed by atoms with Crippen LogP contribution in [0.1, 0.15) is 29.8 Å². The molecule has 0 saturated heterocycles. The summed E-state index contributed by atoms with van der Waals surface area (Å²) in [6.07, 6.45) is 1.14. The Morgan fingerprint density at radius 2 is 1.65 bits per heavy atom. The molecule has 2 aromatic carbocycles. The van der Waals surface area contributed by atoms with E-state index in [4.69, 9.17) is 23.7 Å². The third-order valence-corrected chi connectivity index (χ3v) is 4.85. The van der Waals surface area contributed by atoms with Crippen molar-refractivity contribution < 1.29 is 33.3 Å². The largest absolute Gasteiger partial charge is 0.493 e. The molecule has 0 unspecified atom stereocenters. The first-order chi connectivity index (χ1) is 14.9. The van der Waals surface area contributed by atoms with E-state index < -0.39 is 6.09 Å². The summed E-state index contributed by atoms with van der Waals surface area (Å²) in [4.78, 5) is 26.5. The predicted molar refractivity (Wildman–Crippen MR) is 114 cm³/mol. The predicted octanol–water partition coefficient (Wildman–Crippen LogP) is 4.17. The molecule has 0 atom stereocenters. The van der Waals surface area contributed by atoms with E-state index >= 15 is 0 Å². The number of hydrogen-bond donors (Lipinski definition) is 0. The highest BCUT2D eigenvalue weighted by Gasteiger charge is 2.28. The van der Waals surface area contributed by atoms with Gasteiger partial charge in [-0.1, -0.05) is 0 Å². The Balaban J connectivity index is 1.87. The third-order valence-electron chi connectivity index (χ3n) is 4.85. The maximum Gasteiger partial charge on any atom is 0.415 e. The summed E-state index contributed by atoms with van der Waals surface area (Å²) < 4.78 is 27.2. The van der Waals surface area contributed by atoms with E-state index in [1.54, 1.807) is 35.2 Å². The van der Waals surface area contributed by atoms with Crippen molar-refractivity contribution in [1.29, 1.82) is 0 Å². The molecular weight excluding hydrogens is 402 g/mol. The van der Waals surface area contributed by atoms with E-state index in [-0.39, 0.29) is 11.5 Å². The van der Waals surface area contributed by atoms with Gasteiger partial charge in [-0.15, -0.1) is 0 Å². The molecule has 2 aromatic rings. The third kappa shape index (κ3) is 4.42. The molecule has 0 aromatic heterocycles. The highest BCUT2D eigenvalue weighted by Crippen LogP contribution is 2.40. The SMILES string of the molecule is CCN(CC)C(=O)Oc1ccc2c(c1)OC(=Cc1cc(OC)c(OC)c(OC)c1)C2=O. The molecule has 3 rings (SSSR count). The quantitative estimate of drug-likeness (QED) is 0.613. The molecule has 0 spiro atoms. The van der Waals surface area contributed by atoms with Crippen molar-refractivity contribution >= 4 is 18.0 Å². The molecule has 1 aliphatic rings. The number of carbonyl (C=O) groups is 2. The highest BCUT2D eigenvalue weighted by atomic mass is 16.6. The average Bonchev–Trinajstić information content (AvgIpc) is 3.08. The molecule has 0 radical (unpaired) electrons. The van der Waals surface area contributed by atoms with E-state index in [1.807, 2.05) is 13.8 Å². The monoisotopic (exact) mass is 427 g/mol. The van der Waals surface area contributed by atoms with Crippen LogP contribution in [-0.2, 0) is 0 Å². The number of methoxy groups -OCH3 is 3. The zero-order chi connectivity index (χ0) is 22.5. The molecular formula is C23H25NO7. The Bertz CT molecular complexity index is 1000. The Morgan fingerprint density at radius 1 is 1.00 bits per heavy atom. The second kappa shape index (κ2) is 9.42. The Kier molecular flexibility index (Phi) is 6.69. The zero-order valence-corrected chi connectivity index (χ0v) is 18.2. The maximum absolute atomic E-state index is 12.8. The van der Waals surface area contributed by atoms with Crippen molar-refractivity contribution in [3.63, 3.8) is 0 Å². The van der Waals surface area contributed by atoms with Crippen molar-refractivity contribution in [2.24, 2.45) is 0 Å². The van der Waals surface area contributed by atoms with E-state index in [0.29, 0.717) is 53.0 Å². The van der Waals surface area contributed by atoms with Crippen molar-refractivity contribution in [2.45, 2.75) is 13.8 Å². The molecule has 8 nitrogen and oxygen atoms in total. The molecule has 8 heteroatoms. The van der Waals surface area contributed by atoms with Gasteiger partial charge in [0.15, 0.2) is 17.3 Å². The van der Waals surface area contributed by atoms with Gasteiger partial charge in [-0.3, -0.25) is 4.79 Å². The molecule has 1 heterocycles. The summed E-state index contributed by atoms with van der Waals surface area (Å²) in [5.74, 6) is 1.87. The fourth-order valence-corrected chi connectivity index (χ4v) is 3.21. The Morgan fingerprint density at radius 3 is 2.19 bits per heavy atom. The van der Waals surface area contributed by atoms with Crippen LogP contribution >= 0.6 is 0 Å². The standard InChI is InChI=1S/C23H25NO7/c1-6-24(7-2)23(26)30-15-8-9-16-17(13-15)31-18(21(16)25)10-14-11-19(27-3)22(29-5)20(12-14)28-4/h8-13H,6-7H2,1-5H3. The summed E-state index contributed by atoms with van der Waals surface area (Å²) in [6.45, 7) is 4.82. The molecule has 0 aliphatic carbocycles. The molecule has 1 aliphatic heterocycles. The number of fused-ring (bicyclic) bond motifs is 1. The lowest BCUT2D eigenvalue weighted by Gasteiger charge is -2.17. The first-order valence-corrected chi connectivity index (χ1v) is 9.80. The van der Waals surface area contributed by atoms with Crippen LogP contribution in [-0.4, -0.2) is 51.2 Å². The van der Waals surface area contributed by atoms with Crippen molar-refractivity contribution in [1.82, 2.24) is 4.90 Å². The molecule has 164 valence electrons. The van der Waals surface area contributed by atoms with Gasteiger partial charge in [-0.2, -0.15) is 0 Å². The van der Waals surface area contributed by atoms with E-state index in [1.165, 1.54) is 27.4 Å². The fourth-order valence-electron chi connectivity index (χ4n) is 3.21. The van der Waals surface area contributed by atoms with Gasteiger partial charge in [0, 0.05) is 19.2 Å². The second-order valence-electron chi connectivity index (χ2n) is 6.60. The number of allylic oxidation sites excluding steroid dienone is 1. The van der Waals surface area contributed by atoms with Crippen molar-refractivity contribution in [3.8, 4) is 28.7 Å². The molecule has 1 amide bonds. The molecule has 0 N–H and O–H groups in total. The molecule has 31 heavy (non-hydrogen) atoms. The first-order valence-electron chi connectivity index (χ1n) is 9.80. The lowest BCUT2D eigenvalue weighted by atomic mass is 10.1. The van der Waals surface area contributed by atoms with Crippen LogP contribution in [0.25, 0.3) is 6.08 Å². The summed E-state index contributed by atoms with van der Waals surface area (Å²) in [7, 11) is 4.55. The average molecular weight is 427 g/mol. The van der Waals surface area contributed by atoms with Crippen LogP contribution < -0.4 is 23.7 Å². The van der Waals surface area contributed by atoms with Gasteiger partial charge in [-0.05, 0) is 49.8 Å². The minimum atomic E-state index is -0.456. The van der Waals surface area contributed by atoms with Crippen LogP contribution in [0.5, 0.6) is 28.7 Å². The second-order valence-corrected chi connectivity index (χ2v) is 6.60. The summed E-state index contributed by atoms with van der Waals surface area (Å²) in [5, 5.41) is 0. The number of rotatable bonds is 7. The Labute approximate surface area is 180 Å². The van der Waals surface area contributed by atoms with Crippen molar-refractivity contribution in [3.05, 3.63) is 47.2 Å². The van der Waals surface area contributed by atoms with Crippen LogP contribution in [0.4, 0.5) is 4.79 Å². The number of ketones is 1. The van der Waals surface area contributed by atoms with Crippen LogP contribution in [0.3, 0.4) is 0 Å². The number of hydrogen-bond acceptors (Lipinski definition) is 7. The number of Topliss-reactive ketones (excluding diaryl/α,β-unsaturated/α-hetero) is 1. The smallest absolute Gasteiger partial charge is 0.415 e. The van der Waals surface area contributed by atoms with Gasteiger partial charge in [0.25, 0.3) is 0 Å². The first kappa shape index (κ1) is 22.0. The van der Waals surface area contributed by atoms with E-state index in [2.05, 4.69) is 0 Å². The normalized spacial score (nSPS) is 13.5. The van der Waals surface area contributed by atoms with Gasteiger partial charge in [0.1, 0.15) is 11.5 Å². The topological polar surface area (TPSA) is 83.5 Å². The maximum atomic E-state index is 12.8. The van der Waals surface area contributed by atoms with Gasteiger partial charge in [0.05, 0.1) is 26.9 Å². The number of ether oxygens (including phenoxy) is 5. The fraction of sp³-hybridized carbons (Fsp3) is 0.304. The van der Waals surface area contributed by atoms with Gasteiger partial charge >= 0.3 is 6.09 Å². The molecule has 0 saturated carbocycles. The highest BCUT2D eigenvalue weighted by molar-refractivity contribution is 6.14. The van der Waals surface area contributed by atoms with Gasteiger partial charge in [0.2, 0.25) is 11.5 Å². The number of amides is 1. The lowest BCUT2D eigenvalue weighted by Crippen LogP contribution is -2.33. The minimum absolute atomic E-state index is 0.136. The van der Waals surface area contributed by atoms with Crippen molar-refractivity contribution in [2.75, 3.05) is 34.4 Å². The van der Waals surface area contributed by atoms with E-state index in [0.717, 1.165) is 0 Å². The number of benzene rings is 2. The lowest BCUT2D eigenvalue weighted by molar-refractivity contribution is 0.101. The van der Waals surface area contributed by atoms with Crippen LogP contribution in [0, 0.1) is 0 Å². The minimum Gasteiger partial charge on any atom is -0.493 e. The van der Waals surface area contributed by atoms with Crippen LogP contribution in [0.15, 0.2) is 36.1 Å². The van der Waals surface area contributed by atoms with E-state index in [9.17, 15) is 9.59 Å². The summed E-state index contributed by atoms with van der Waals surface area (Å²) >= 11 is 0. The summed E-state index contributed by atoms with van der Waals surface area (Å²) in [5.41, 5.74) is 1.03.